The fraction of sp³-hybridized carbons (Fsp3) is 0.200. The van der Waals surface area contributed by atoms with E-state index < -0.39 is 23.6 Å². The van der Waals surface area contributed by atoms with Gasteiger partial charge in [-0.2, -0.15) is 13.2 Å². The molecule has 0 aliphatic rings. The van der Waals surface area contributed by atoms with Gasteiger partial charge in [-0.3, -0.25) is 9.59 Å². The van der Waals surface area contributed by atoms with Crippen LogP contribution in [0.5, 0.6) is 0 Å². The predicted octanol–water partition coefficient (Wildman–Crippen LogP) is 2.02. The molecule has 4 N–H and O–H groups in total. The summed E-state index contributed by atoms with van der Waals surface area (Å²) in [7, 11) is 0. The summed E-state index contributed by atoms with van der Waals surface area (Å²) < 4.78 is 38.0. The first kappa shape index (κ1) is 22.7. The van der Waals surface area contributed by atoms with Crippen molar-refractivity contribution in [2.45, 2.75) is 12.6 Å². The lowest BCUT2D eigenvalue weighted by Gasteiger charge is -2.08. The fourth-order valence-corrected chi connectivity index (χ4v) is 2.63. The number of anilines is 1. The lowest BCUT2D eigenvalue weighted by atomic mass is 10.1. The Hall–Kier alpha value is -3.93. The number of rotatable bonds is 7. The van der Waals surface area contributed by atoms with Gasteiger partial charge in [-0.1, -0.05) is 24.3 Å². The molecule has 0 radical (unpaired) electrons. The van der Waals surface area contributed by atoms with E-state index in [0.717, 1.165) is 12.1 Å². The van der Waals surface area contributed by atoms with E-state index in [-0.39, 0.29) is 31.2 Å². The van der Waals surface area contributed by atoms with Crippen LogP contribution in [0.1, 0.15) is 12.0 Å². The van der Waals surface area contributed by atoms with Crippen molar-refractivity contribution in [1.82, 2.24) is 25.7 Å². The molecule has 1 heterocycles. The van der Waals surface area contributed by atoms with Crippen molar-refractivity contribution in [3.8, 4) is 22.8 Å². The van der Waals surface area contributed by atoms with Gasteiger partial charge in [-0.25, -0.2) is 0 Å². The highest BCUT2D eigenvalue weighted by Gasteiger charge is 2.30. The van der Waals surface area contributed by atoms with Gasteiger partial charge >= 0.3 is 6.18 Å². The molecule has 0 aliphatic heterocycles. The highest BCUT2D eigenvalue weighted by Crippen LogP contribution is 2.30. The van der Waals surface area contributed by atoms with Crippen LogP contribution in [0, 0.1) is 0 Å². The second-order valence-electron chi connectivity index (χ2n) is 6.57. The Bertz CT molecular complexity index is 1090. The third-order valence-corrected chi connectivity index (χ3v) is 4.14. The fourth-order valence-electron chi connectivity index (χ4n) is 2.63. The zero-order valence-electron chi connectivity index (χ0n) is 16.6. The number of nitrogens with one attached hydrogen (secondary N) is 2. The summed E-state index contributed by atoms with van der Waals surface area (Å²) in [6, 6.07) is 10.8. The van der Waals surface area contributed by atoms with Crippen molar-refractivity contribution in [3.63, 3.8) is 0 Å². The molecule has 12 heteroatoms. The highest BCUT2D eigenvalue weighted by atomic mass is 19.4. The summed E-state index contributed by atoms with van der Waals surface area (Å²) in [4.78, 5) is 23.6. The summed E-state index contributed by atoms with van der Waals surface area (Å²) in [5.41, 5.74) is 5.74. The zero-order chi connectivity index (χ0) is 23.1. The van der Waals surface area contributed by atoms with Crippen molar-refractivity contribution < 1.29 is 22.8 Å². The van der Waals surface area contributed by atoms with Crippen LogP contribution in [0.25, 0.3) is 22.8 Å². The number of benzene rings is 2. The van der Waals surface area contributed by atoms with Gasteiger partial charge in [-0.05, 0) is 24.3 Å². The molecule has 9 nitrogen and oxygen atoms in total. The van der Waals surface area contributed by atoms with E-state index in [9.17, 15) is 22.8 Å². The minimum Gasteiger partial charge on any atom is -0.354 e. The second kappa shape index (κ2) is 9.92. The van der Waals surface area contributed by atoms with Crippen LogP contribution in [0.3, 0.4) is 0 Å². The Kier molecular flexibility index (Phi) is 7.05. The minimum atomic E-state index is -4.44. The maximum Gasteiger partial charge on any atom is 0.416 e. The lowest BCUT2D eigenvalue weighted by molar-refractivity contribution is -0.137. The number of nitrogens with zero attached hydrogens (tertiary/aromatic N) is 4. The lowest BCUT2D eigenvalue weighted by Crippen LogP contribution is -2.31. The third kappa shape index (κ3) is 6.04. The topological polar surface area (TPSA) is 136 Å². The van der Waals surface area contributed by atoms with E-state index in [1.807, 2.05) is 0 Å². The third-order valence-electron chi connectivity index (χ3n) is 4.14. The number of hydrogen-bond acceptors (Lipinski definition) is 7. The average molecular weight is 445 g/mol. The molecule has 2 aromatic carbocycles. The van der Waals surface area contributed by atoms with E-state index in [0.29, 0.717) is 16.8 Å². The normalized spacial score (nSPS) is 11.1. The van der Waals surface area contributed by atoms with Gasteiger partial charge in [0, 0.05) is 29.9 Å². The zero-order valence-corrected chi connectivity index (χ0v) is 16.6. The van der Waals surface area contributed by atoms with Crippen LogP contribution in [-0.4, -0.2) is 45.3 Å². The maximum absolute atomic E-state index is 12.7. The number of halogens is 3. The molecule has 0 saturated heterocycles. The Morgan fingerprint density at radius 2 is 1.50 bits per heavy atom. The summed E-state index contributed by atoms with van der Waals surface area (Å²) in [5.74, 6) is -0.737. The molecule has 166 valence electrons. The van der Waals surface area contributed by atoms with E-state index in [1.165, 1.54) is 12.1 Å². The number of aromatic nitrogens is 4. The Morgan fingerprint density at radius 3 is 2.09 bits per heavy atom. The van der Waals surface area contributed by atoms with Gasteiger partial charge in [0.1, 0.15) is 6.42 Å². The largest absolute Gasteiger partial charge is 0.416 e. The molecular weight excluding hydrogens is 427 g/mol. The molecular formula is C20H18F3N7O2. The van der Waals surface area contributed by atoms with E-state index >= 15 is 0 Å². The summed E-state index contributed by atoms with van der Waals surface area (Å²) in [5, 5.41) is 20.9. The molecule has 0 unspecified atom stereocenters. The van der Waals surface area contributed by atoms with Crippen molar-refractivity contribution in [2.24, 2.45) is 5.73 Å². The molecule has 0 saturated carbocycles. The first-order valence-electron chi connectivity index (χ1n) is 9.38. The smallest absolute Gasteiger partial charge is 0.354 e. The highest BCUT2D eigenvalue weighted by molar-refractivity contribution is 6.03. The molecule has 1 aromatic heterocycles. The van der Waals surface area contributed by atoms with Crippen LogP contribution in [0.2, 0.25) is 0 Å². The number of alkyl halides is 3. The van der Waals surface area contributed by atoms with Gasteiger partial charge in [0.25, 0.3) is 0 Å². The van der Waals surface area contributed by atoms with Gasteiger partial charge in [0.15, 0.2) is 0 Å². The van der Waals surface area contributed by atoms with E-state index in [2.05, 4.69) is 31.0 Å². The summed E-state index contributed by atoms with van der Waals surface area (Å²) in [6.07, 6.45) is -4.79. The second-order valence-corrected chi connectivity index (χ2v) is 6.57. The monoisotopic (exact) mass is 445 g/mol. The van der Waals surface area contributed by atoms with Crippen LogP contribution in [0.4, 0.5) is 18.9 Å². The summed E-state index contributed by atoms with van der Waals surface area (Å²) in [6.45, 7) is 0.552. The Labute approximate surface area is 180 Å². The van der Waals surface area contributed by atoms with Crippen LogP contribution >= 0.6 is 0 Å². The molecule has 3 aromatic rings. The van der Waals surface area contributed by atoms with Crippen LogP contribution in [0.15, 0.2) is 48.5 Å². The number of carbonyl (C=O) groups excluding carboxylic acids is 2. The molecule has 2 amide bonds. The van der Waals surface area contributed by atoms with Crippen molar-refractivity contribution in [2.75, 3.05) is 18.4 Å². The number of amides is 2. The SMILES string of the molecule is NCCNC(=O)CC(=O)Nc1cccc(-c2nnc(-c3ccc(C(F)(F)F)cc3)nn2)c1. The Morgan fingerprint density at radius 1 is 0.875 bits per heavy atom. The van der Waals surface area contributed by atoms with E-state index in [1.54, 1.807) is 24.3 Å². The average Bonchev–Trinajstić information content (AvgIpc) is 2.77. The summed E-state index contributed by atoms with van der Waals surface area (Å²) >= 11 is 0. The predicted molar refractivity (Wildman–Crippen MR) is 109 cm³/mol. The standard InChI is InChI=1S/C20H18F3N7O2/c21-20(22,23)14-6-4-12(5-7-14)18-27-29-19(30-28-18)13-2-1-3-15(10-13)26-17(32)11-16(31)25-9-8-24/h1-7,10H,8-9,11,24H2,(H,25,31)(H,26,32). The number of hydrogen-bond donors (Lipinski definition) is 3. The van der Waals surface area contributed by atoms with Gasteiger partial charge < -0.3 is 16.4 Å². The molecule has 0 atom stereocenters. The van der Waals surface area contributed by atoms with Crippen molar-refractivity contribution >= 4 is 17.5 Å². The molecule has 3 rings (SSSR count). The molecule has 0 aliphatic carbocycles. The molecule has 0 fully saturated rings. The van der Waals surface area contributed by atoms with E-state index in [4.69, 9.17) is 5.73 Å². The molecule has 32 heavy (non-hydrogen) atoms. The van der Waals surface area contributed by atoms with Crippen LogP contribution < -0.4 is 16.4 Å². The molecule has 0 spiro atoms. The van der Waals surface area contributed by atoms with Crippen molar-refractivity contribution in [1.29, 1.82) is 0 Å². The van der Waals surface area contributed by atoms with Gasteiger partial charge in [0.05, 0.1) is 5.56 Å². The number of nitrogens with two attached hydrogens (primary N) is 1. The van der Waals surface area contributed by atoms with Crippen molar-refractivity contribution in [3.05, 3.63) is 54.1 Å². The number of carbonyl (C=O) groups is 2. The Balaban J connectivity index is 1.69. The van der Waals surface area contributed by atoms with Gasteiger partial charge in [-0.15, -0.1) is 20.4 Å². The molecule has 0 bridgehead atoms. The first-order valence-corrected chi connectivity index (χ1v) is 9.38. The van der Waals surface area contributed by atoms with Gasteiger partial charge in [0.2, 0.25) is 23.5 Å². The van der Waals surface area contributed by atoms with Crippen LogP contribution in [-0.2, 0) is 15.8 Å². The first-order chi connectivity index (χ1) is 15.3. The minimum absolute atomic E-state index is 0.0652. The maximum atomic E-state index is 12.7. The quantitative estimate of drug-likeness (QED) is 0.474.